The van der Waals surface area contributed by atoms with Crippen molar-refractivity contribution in [1.29, 1.82) is 0 Å². The summed E-state index contributed by atoms with van der Waals surface area (Å²) < 4.78 is 14.1. The van der Waals surface area contributed by atoms with Crippen molar-refractivity contribution in [2.24, 2.45) is 0 Å². The first-order valence-corrected chi connectivity index (χ1v) is 11.8. The lowest BCUT2D eigenvalue weighted by Crippen LogP contribution is -2.00. The minimum atomic E-state index is -0.000517. The molecule has 1 heterocycles. The van der Waals surface area contributed by atoms with E-state index in [0.717, 1.165) is 40.0 Å². The fourth-order valence-electron chi connectivity index (χ4n) is 2.65. The van der Waals surface area contributed by atoms with Gasteiger partial charge in [-0.1, -0.05) is 28.1 Å². The Morgan fingerprint density at radius 2 is 1.79 bits per heavy atom. The molecule has 0 amide bonds. The van der Waals surface area contributed by atoms with Crippen LogP contribution in [0.3, 0.4) is 0 Å². The molecule has 3 nitrogen and oxygen atoms in total. The van der Waals surface area contributed by atoms with Crippen molar-refractivity contribution in [3.05, 3.63) is 82.8 Å². The van der Waals surface area contributed by atoms with Gasteiger partial charge in [-0.15, -0.1) is 11.3 Å². The summed E-state index contributed by atoms with van der Waals surface area (Å²) in [4.78, 5) is 14.2. The van der Waals surface area contributed by atoms with Gasteiger partial charge in [0.15, 0.2) is 5.78 Å². The van der Waals surface area contributed by atoms with Crippen LogP contribution in [0.2, 0.25) is 0 Å². The second-order valence-corrected chi connectivity index (χ2v) is 10.1. The van der Waals surface area contributed by atoms with Crippen molar-refractivity contribution in [1.82, 2.24) is 0 Å². The number of allylic oxidation sites excluding steroid dienone is 1. The van der Waals surface area contributed by atoms with Gasteiger partial charge >= 0.3 is 0 Å². The van der Waals surface area contributed by atoms with Crippen LogP contribution < -0.4 is 9.47 Å². The number of methoxy groups -OCH3 is 1. The molecule has 0 atom stereocenters. The molecule has 3 rings (SSSR count). The first-order chi connectivity index (χ1) is 13.9. The highest BCUT2D eigenvalue weighted by Crippen LogP contribution is 2.37. The highest BCUT2D eigenvalue weighted by molar-refractivity contribution is 9.11. The molecule has 0 saturated heterocycles. The maximum Gasteiger partial charge on any atom is 0.195 e. The fraction of sp³-hybridized carbons (Fsp3) is 0.136. The van der Waals surface area contributed by atoms with Gasteiger partial charge in [-0.2, -0.15) is 0 Å². The van der Waals surface area contributed by atoms with Gasteiger partial charge in [0.05, 0.1) is 20.9 Å². The summed E-state index contributed by atoms with van der Waals surface area (Å²) >= 11 is 12.0. The van der Waals surface area contributed by atoms with Gasteiger partial charge in [-0.25, -0.2) is 0 Å². The zero-order valence-corrected chi connectivity index (χ0v) is 21.2. The minimum absolute atomic E-state index is 0.000517. The molecular weight excluding hydrogens is 584 g/mol. The summed E-state index contributed by atoms with van der Waals surface area (Å²) in [6.45, 7) is 2.31. The average molecular weight is 601 g/mol. The largest absolute Gasteiger partial charge is 0.496 e. The van der Waals surface area contributed by atoms with Crippen molar-refractivity contribution >= 4 is 71.0 Å². The van der Waals surface area contributed by atoms with Crippen molar-refractivity contribution in [2.75, 3.05) is 7.11 Å². The molecule has 7 heteroatoms. The third-order valence-corrected chi connectivity index (χ3v) is 6.70. The number of halogens is 3. The fourth-order valence-corrected chi connectivity index (χ4v) is 5.93. The maximum atomic E-state index is 12.3. The smallest absolute Gasteiger partial charge is 0.195 e. The predicted octanol–water partition coefficient (Wildman–Crippen LogP) is 7.83. The predicted molar refractivity (Wildman–Crippen MR) is 129 cm³/mol. The first kappa shape index (κ1) is 22.3. The van der Waals surface area contributed by atoms with Crippen LogP contribution in [0.25, 0.3) is 6.08 Å². The van der Waals surface area contributed by atoms with Gasteiger partial charge in [0.25, 0.3) is 0 Å². The molecular formula is C22H17Br3O3S. The summed E-state index contributed by atoms with van der Waals surface area (Å²) in [6.07, 6.45) is 3.41. The van der Waals surface area contributed by atoms with E-state index in [9.17, 15) is 4.79 Å². The molecule has 0 aliphatic heterocycles. The van der Waals surface area contributed by atoms with Crippen LogP contribution in [0.4, 0.5) is 0 Å². The summed E-state index contributed by atoms with van der Waals surface area (Å²) in [6, 6.07) is 13.4. The third kappa shape index (κ3) is 5.81. The van der Waals surface area contributed by atoms with Crippen LogP contribution in [0.15, 0.2) is 62.0 Å². The Labute approximate surface area is 199 Å². The van der Waals surface area contributed by atoms with E-state index in [-0.39, 0.29) is 5.78 Å². The van der Waals surface area contributed by atoms with Crippen molar-refractivity contribution in [2.45, 2.75) is 13.5 Å². The van der Waals surface area contributed by atoms with Gasteiger partial charge in [-0.05, 0) is 86.8 Å². The van der Waals surface area contributed by atoms with Crippen molar-refractivity contribution in [3.8, 4) is 11.5 Å². The van der Waals surface area contributed by atoms with E-state index in [1.807, 2.05) is 55.5 Å². The second-order valence-electron chi connectivity index (χ2n) is 6.17. The summed E-state index contributed by atoms with van der Waals surface area (Å²) in [5, 5.41) is 0. The molecule has 0 fully saturated rings. The first-order valence-electron chi connectivity index (χ1n) is 8.60. The molecule has 0 unspecified atom stereocenters. The topological polar surface area (TPSA) is 35.5 Å². The zero-order valence-electron chi connectivity index (χ0n) is 15.7. The summed E-state index contributed by atoms with van der Waals surface area (Å²) in [5.41, 5.74) is 1.79. The van der Waals surface area contributed by atoms with Crippen molar-refractivity contribution < 1.29 is 14.3 Å². The maximum absolute atomic E-state index is 12.3. The van der Waals surface area contributed by atoms with E-state index in [0.29, 0.717) is 12.4 Å². The molecule has 3 aromatic rings. The Kier molecular flexibility index (Phi) is 7.73. The van der Waals surface area contributed by atoms with Crippen LogP contribution in [0.1, 0.15) is 25.7 Å². The van der Waals surface area contributed by atoms with Gasteiger partial charge < -0.3 is 9.47 Å². The third-order valence-electron chi connectivity index (χ3n) is 4.05. The van der Waals surface area contributed by atoms with Crippen LogP contribution in [0, 0.1) is 6.92 Å². The van der Waals surface area contributed by atoms with E-state index in [1.165, 1.54) is 11.3 Å². The number of rotatable bonds is 7. The molecule has 29 heavy (non-hydrogen) atoms. The number of hydrogen-bond acceptors (Lipinski definition) is 4. The van der Waals surface area contributed by atoms with Gasteiger partial charge in [0.1, 0.15) is 18.1 Å². The minimum Gasteiger partial charge on any atom is -0.496 e. The monoisotopic (exact) mass is 598 g/mol. The Hall–Kier alpha value is -1.41. The van der Waals surface area contributed by atoms with Crippen molar-refractivity contribution in [3.63, 3.8) is 0 Å². The van der Waals surface area contributed by atoms with E-state index < -0.39 is 0 Å². The average Bonchev–Trinajstić information content (AvgIpc) is 3.12. The van der Waals surface area contributed by atoms with E-state index in [2.05, 4.69) is 47.8 Å². The van der Waals surface area contributed by atoms with E-state index in [4.69, 9.17) is 9.47 Å². The lowest BCUT2D eigenvalue weighted by molar-refractivity contribution is 0.105. The molecule has 0 spiro atoms. The Bertz CT molecular complexity index is 1050. The number of benzene rings is 2. The molecule has 0 aliphatic rings. The number of ketones is 1. The molecule has 0 aliphatic carbocycles. The molecule has 0 saturated carbocycles. The number of hydrogen-bond donors (Lipinski definition) is 0. The zero-order chi connectivity index (χ0) is 21.0. The number of thiophene rings is 1. The molecule has 0 bridgehead atoms. The lowest BCUT2D eigenvalue weighted by atomic mass is 10.1. The Morgan fingerprint density at radius 1 is 1.07 bits per heavy atom. The van der Waals surface area contributed by atoms with Crippen LogP contribution in [-0.2, 0) is 6.61 Å². The van der Waals surface area contributed by atoms with E-state index in [1.54, 1.807) is 13.2 Å². The van der Waals surface area contributed by atoms with Gasteiger partial charge in [-0.3, -0.25) is 4.79 Å². The van der Waals surface area contributed by atoms with E-state index >= 15 is 0 Å². The molecule has 0 radical (unpaired) electrons. The molecule has 1 aromatic heterocycles. The number of carbonyl (C=O) groups excluding carboxylic acids is 1. The highest BCUT2D eigenvalue weighted by atomic mass is 79.9. The number of aryl methyl sites for hydroxylation is 1. The lowest BCUT2D eigenvalue weighted by Gasteiger charge is -2.14. The highest BCUT2D eigenvalue weighted by Gasteiger charge is 2.11. The molecule has 150 valence electrons. The Balaban J connectivity index is 1.78. The van der Waals surface area contributed by atoms with Gasteiger partial charge in [0, 0.05) is 14.9 Å². The van der Waals surface area contributed by atoms with Crippen LogP contribution in [0.5, 0.6) is 11.5 Å². The standard InChI is InChI=1S/C22H17Br3O3S/c1-13-3-8-21(29-13)19(26)6-4-14-5-7-20(27-2)15(9-14)12-28-22-17(24)10-16(23)11-18(22)25/h3-11H,12H2,1-2H3/b6-4+. The quantitative estimate of drug-likeness (QED) is 0.205. The SMILES string of the molecule is COc1ccc(/C=C/C(=O)c2ccc(C)s2)cc1COc1c(Br)cc(Br)cc1Br. The number of ether oxygens (including phenoxy) is 2. The van der Waals surface area contributed by atoms with Crippen LogP contribution >= 0.6 is 59.1 Å². The Morgan fingerprint density at radius 3 is 2.41 bits per heavy atom. The van der Waals surface area contributed by atoms with Gasteiger partial charge in [0.2, 0.25) is 0 Å². The van der Waals surface area contributed by atoms with Crippen LogP contribution in [-0.4, -0.2) is 12.9 Å². The second kappa shape index (κ2) is 10.1. The summed E-state index contributed by atoms with van der Waals surface area (Å²) in [5.74, 6) is 1.44. The molecule has 2 aromatic carbocycles. The molecule has 0 N–H and O–H groups in total. The number of carbonyl (C=O) groups is 1. The normalized spacial score (nSPS) is 11.1. The summed E-state index contributed by atoms with van der Waals surface area (Å²) in [7, 11) is 1.63.